The van der Waals surface area contributed by atoms with Crippen molar-refractivity contribution in [1.82, 2.24) is 5.32 Å². The number of aliphatic hydroxyl groups is 1. The lowest BCUT2D eigenvalue weighted by molar-refractivity contribution is -0.211. The zero-order chi connectivity index (χ0) is 28.4. The largest absolute Gasteiger partial charge is 0.493 e. The lowest BCUT2D eigenvalue weighted by Gasteiger charge is -2.26. The van der Waals surface area contributed by atoms with Crippen molar-refractivity contribution in [3.8, 4) is 5.75 Å². The summed E-state index contributed by atoms with van der Waals surface area (Å²) in [6, 6.07) is 11.9. The number of hydrogen-bond donors (Lipinski definition) is 2. The molecule has 1 amide bonds. The number of benzene rings is 2. The number of allylic oxidation sites excluding steroid dienone is 1. The summed E-state index contributed by atoms with van der Waals surface area (Å²) in [6.07, 6.45) is 0.585. The first-order valence-electron chi connectivity index (χ1n) is 12.7. The molecule has 1 heterocycles. The number of amides is 1. The molecule has 4 rings (SSSR count). The predicted molar refractivity (Wildman–Crippen MR) is 146 cm³/mol. The lowest BCUT2D eigenvalue weighted by atomic mass is 9.91. The van der Waals surface area contributed by atoms with Gasteiger partial charge in [-0.1, -0.05) is 30.7 Å². The van der Waals surface area contributed by atoms with Gasteiger partial charge >= 0.3 is 12.2 Å². The Balaban J connectivity index is 1.46. The van der Waals surface area contributed by atoms with Crippen molar-refractivity contribution in [1.29, 1.82) is 0 Å². The van der Waals surface area contributed by atoms with E-state index >= 15 is 0 Å². The van der Waals surface area contributed by atoms with Crippen molar-refractivity contribution >= 4 is 34.9 Å². The molecule has 0 unspecified atom stereocenters. The molecule has 0 aromatic heterocycles. The number of rotatable bonds is 8. The number of hydrogen-bond acceptors (Lipinski definition) is 4. The van der Waals surface area contributed by atoms with Crippen molar-refractivity contribution in [2.24, 2.45) is 20.8 Å². The average Bonchev–Trinajstić information content (AvgIpc) is 3.61. The van der Waals surface area contributed by atoms with E-state index in [0.29, 0.717) is 47.0 Å². The van der Waals surface area contributed by atoms with Gasteiger partial charge in [0.25, 0.3) is 0 Å². The highest BCUT2D eigenvalue weighted by Gasteiger charge is 2.52. The Morgan fingerprint density at radius 1 is 1.13 bits per heavy atom. The van der Waals surface area contributed by atoms with Crippen LogP contribution in [-0.4, -0.2) is 35.5 Å². The van der Waals surface area contributed by atoms with Gasteiger partial charge < -0.3 is 15.2 Å². The minimum atomic E-state index is -4.68. The van der Waals surface area contributed by atoms with Crippen LogP contribution in [0.5, 0.6) is 5.75 Å². The molecule has 0 radical (unpaired) electrons. The Morgan fingerprint density at radius 2 is 1.82 bits per heavy atom. The van der Waals surface area contributed by atoms with E-state index in [4.69, 9.17) is 16.3 Å². The Labute approximate surface area is 230 Å². The molecule has 0 bridgehead atoms. The highest BCUT2D eigenvalue weighted by atomic mass is 35.5. The minimum Gasteiger partial charge on any atom is -0.493 e. The van der Waals surface area contributed by atoms with Gasteiger partial charge in [-0.25, -0.2) is 0 Å². The number of amidine groups is 1. The van der Waals surface area contributed by atoms with E-state index < -0.39 is 23.5 Å². The highest BCUT2D eigenvalue weighted by Crippen LogP contribution is 2.45. The van der Waals surface area contributed by atoms with Crippen LogP contribution in [0.4, 0.5) is 13.2 Å². The van der Waals surface area contributed by atoms with E-state index in [-0.39, 0.29) is 12.0 Å². The van der Waals surface area contributed by atoms with Gasteiger partial charge in [0.05, 0.1) is 18.0 Å². The molecular formula is C29H31ClF3N3O3. The normalized spacial score (nSPS) is 21.3. The van der Waals surface area contributed by atoms with Crippen LogP contribution in [0, 0.1) is 10.8 Å². The smallest absolute Gasteiger partial charge is 0.402 e. The van der Waals surface area contributed by atoms with Crippen molar-refractivity contribution < 1.29 is 27.8 Å². The van der Waals surface area contributed by atoms with Crippen molar-refractivity contribution in [2.45, 2.75) is 59.2 Å². The van der Waals surface area contributed by atoms with Gasteiger partial charge in [-0.15, -0.1) is 0 Å². The fourth-order valence-corrected chi connectivity index (χ4v) is 4.06. The molecule has 6 nitrogen and oxygen atoms in total. The molecule has 39 heavy (non-hydrogen) atoms. The molecule has 208 valence electrons. The Morgan fingerprint density at radius 3 is 2.46 bits per heavy atom. The summed E-state index contributed by atoms with van der Waals surface area (Å²) in [5.41, 5.74) is 0.641. The van der Waals surface area contributed by atoms with Crippen LogP contribution in [0.25, 0.3) is 5.70 Å². The fraction of sp³-hybridized carbons (Fsp3) is 0.414. The molecule has 2 aromatic rings. The number of ether oxygens (including phenoxy) is 1. The first kappa shape index (κ1) is 28.7. The van der Waals surface area contributed by atoms with Gasteiger partial charge in [0.15, 0.2) is 0 Å². The molecule has 1 aliphatic heterocycles. The maximum absolute atomic E-state index is 13.2. The molecule has 0 atom stereocenters. The molecular weight excluding hydrogens is 531 g/mol. The first-order chi connectivity index (χ1) is 18.3. The second-order valence-corrected chi connectivity index (χ2v) is 11.2. The summed E-state index contributed by atoms with van der Waals surface area (Å²) in [5, 5.41) is 13.2. The highest BCUT2D eigenvalue weighted by molar-refractivity contribution is 6.32. The van der Waals surface area contributed by atoms with Crippen LogP contribution in [0.15, 0.2) is 58.5 Å². The number of alkyl halides is 3. The minimum absolute atomic E-state index is 0.132. The quantitative estimate of drug-likeness (QED) is 0.356. The van der Waals surface area contributed by atoms with Crippen molar-refractivity contribution in [2.75, 3.05) is 6.61 Å². The molecule has 1 saturated carbocycles. The third kappa shape index (κ3) is 7.01. The van der Waals surface area contributed by atoms with Crippen LogP contribution in [0.3, 0.4) is 0 Å². The van der Waals surface area contributed by atoms with Crippen LogP contribution >= 0.6 is 11.6 Å². The summed E-state index contributed by atoms with van der Waals surface area (Å²) >= 11 is 6.39. The third-order valence-corrected chi connectivity index (χ3v) is 7.42. The summed E-state index contributed by atoms with van der Waals surface area (Å²) < 4.78 is 45.4. The molecule has 1 aliphatic carbocycles. The topological polar surface area (TPSA) is 83.3 Å². The van der Waals surface area contributed by atoms with Crippen LogP contribution in [-0.2, 0) is 11.3 Å². The Hall–Kier alpha value is -3.33. The third-order valence-electron chi connectivity index (χ3n) is 7.09. The molecule has 2 N–H and O–H groups in total. The number of carbonyl (C=O) groups is 1. The summed E-state index contributed by atoms with van der Waals surface area (Å²) in [7, 11) is 0. The van der Waals surface area contributed by atoms with E-state index in [9.17, 15) is 23.1 Å². The van der Waals surface area contributed by atoms with Crippen LogP contribution < -0.4 is 10.1 Å². The van der Waals surface area contributed by atoms with Gasteiger partial charge in [-0.3, -0.25) is 4.79 Å². The number of nitrogens with zero attached hydrogens (tertiary/aromatic N) is 2. The van der Waals surface area contributed by atoms with Gasteiger partial charge in [-0.05, 0) is 87.1 Å². The van der Waals surface area contributed by atoms with Gasteiger partial charge in [0.2, 0.25) is 5.91 Å². The van der Waals surface area contributed by atoms with Gasteiger partial charge in [0, 0.05) is 22.5 Å². The SMILES string of the molecule is CC1(COc2ccc(/C3=N/C(O)=N\C(c4cc(CNC(=O)C(C)(C)C(F)(F)F)ccc4Cl)=C\CC3)cc2)CC1. The summed E-state index contributed by atoms with van der Waals surface area (Å²) in [6.45, 7) is 4.43. The molecule has 0 spiro atoms. The van der Waals surface area contributed by atoms with Gasteiger partial charge in [-0.2, -0.15) is 23.2 Å². The van der Waals surface area contributed by atoms with Crippen molar-refractivity contribution in [3.05, 3.63) is 70.3 Å². The zero-order valence-corrected chi connectivity index (χ0v) is 22.8. The first-order valence-corrected chi connectivity index (χ1v) is 13.1. The molecule has 10 heteroatoms. The number of aliphatic imine (C=N–C) groups is 2. The zero-order valence-electron chi connectivity index (χ0n) is 22.0. The Bertz CT molecular complexity index is 1330. The number of nitrogens with one attached hydrogen (secondary N) is 1. The van der Waals surface area contributed by atoms with Crippen LogP contribution in [0.2, 0.25) is 5.02 Å². The average molecular weight is 562 g/mol. The van der Waals surface area contributed by atoms with E-state index in [2.05, 4.69) is 22.2 Å². The maximum atomic E-state index is 13.2. The molecule has 2 aliphatic rings. The summed E-state index contributed by atoms with van der Waals surface area (Å²) in [5.74, 6) is -0.350. The predicted octanol–water partition coefficient (Wildman–Crippen LogP) is 7.26. The van der Waals surface area contributed by atoms with E-state index in [1.807, 2.05) is 30.3 Å². The standard InChI is InChI=1S/C29H31ClF3N3O3/c1-27(2,29(31,32)33)25(37)34-16-18-7-12-22(30)21(15-18)24-6-4-5-23(35-26(38)36-24)19-8-10-20(11-9-19)39-17-28(3)13-14-28/h6-12,15H,4-5,13-14,16-17H2,1-3H3,(H,34,37)(H,36,38)/b24-6+,35-23+. The fourth-order valence-electron chi connectivity index (χ4n) is 3.85. The molecule has 1 fully saturated rings. The second-order valence-electron chi connectivity index (χ2n) is 10.8. The molecule has 2 aromatic carbocycles. The number of carbonyl (C=O) groups excluding carboxylic acids is 1. The van der Waals surface area contributed by atoms with Crippen LogP contribution in [0.1, 0.15) is 63.1 Å². The van der Waals surface area contributed by atoms with E-state index in [0.717, 1.165) is 25.2 Å². The van der Waals surface area contributed by atoms with E-state index in [1.165, 1.54) is 12.8 Å². The summed E-state index contributed by atoms with van der Waals surface area (Å²) in [4.78, 5) is 20.7. The van der Waals surface area contributed by atoms with E-state index in [1.54, 1.807) is 18.2 Å². The number of halogens is 4. The number of aliphatic hydroxyl groups excluding tert-OH is 1. The maximum Gasteiger partial charge on any atom is 0.402 e. The monoisotopic (exact) mass is 561 g/mol. The Kier molecular flexibility index (Phi) is 8.12. The van der Waals surface area contributed by atoms with Crippen molar-refractivity contribution in [3.63, 3.8) is 0 Å². The molecule has 0 saturated heterocycles. The van der Waals surface area contributed by atoms with Gasteiger partial charge in [0.1, 0.15) is 11.2 Å². The lowest BCUT2D eigenvalue weighted by Crippen LogP contribution is -2.46. The second kappa shape index (κ2) is 11.0.